The lowest BCUT2D eigenvalue weighted by molar-refractivity contribution is 0.164. The van der Waals surface area contributed by atoms with Crippen molar-refractivity contribution in [3.8, 4) is 0 Å². The molecule has 0 aromatic carbocycles. The van der Waals surface area contributed by atoms with Crippen molar-refractivity contribution in [2.24, 2.45) is 0 Å². The van der Waals surface area contributed by atoms with Crippen molar-refractivity contribution in [1.82, 2.24) is 5.32 Å². The zero-order valence-corrected chi connectivity index (χ0v) is 9.07. The van der Waals surface area contributed by atoms with Gasteiger partial charge in [0.05, 0.1) is 6.61 Å². The van der Waals surface area contributed by atoms with E-state index in [9.17, 15) is 0 Å². The SMILES string of the molecule is CC[C@@H](COC)NCCCCS. The first-order valence-corrected chi connectivity index (χ1v) is 5.31. The summed E-state index contributed by atoms with van der Waals surface area (Å²) in [7, 11) is 1.75. The number of thiol groups is 1. The molecule has 0 rings (SSSR count). The Balaban J connectivity index is 3.19. The second-order valence-electron chi connectivity index (χ2n) is 2.95. The van der Waals surface area contributed by atoms with Gasteiger partial charge in [0.2, 0.25) is 0 Å². The van der Waals surface area contributed by atoms with E-state index in [1.807, 2.05) is 0 Å². The maximum Gasteiger partial charge on any atom is 0.0615 e. The topological polar surface area (TPSA) is 21.3 Å². The van der Waals surface area contributed by atoms with Gasteiger partial charge in [-0.25, -0.2) is 0 Å². The fourth-order valence-electron chi connectivity index (χ4n) is 1.07. The molecule has 0 heterocycles. The Morgan fingerprint density at radius 2 is 2.17 bits per heavy atom. The van der Waals surface area contributed by atoms with Crippen molar-refractivity contribution in [1.29, 1.82) is 0 Å². The molecular weight excluding hydrogens is 170 g/mol. The quantitative estimate of drug-likeness (QED) is 0.450. The third-order valence-corrected chi connectivity index (χ3v) is 2.19. The predicted octanol–water partition coefficient (Wildman–Crippen LogP) is 1.71. The number of hydrogen-bond acceptors (Lipinski definition) is 3. The van der Waals surface area contributed by atoms with Crippen LogP contribution in [0.25, 0.3) is 0 Å². The molecule has 2 nitrogen and oxygen atoms in total. The van der Waals surface area contributed by atoms with E-state index in [0.29, 0.717) is 6.04 Å². The molecule has 0 aliphatic heterocycles. The van der Waals surface area contributed by atoms with Crippen LogP contribution in [0, 0.1) is 0 Å². The lowest BCUT2D eigenvalue weighted by atomic mass is 10.2. The molecule has 0 aliphatic carbocycles. The van der Waals surface area contributed by atoms with Crippen LogP contribution in [0.3, 0.4) is 0 Å². The van der Waals surface area contributed by atoms with E-state index in [1.165, 1.54) is 12.8 Å². The highest BCUT2D eigenvalue weighted by Crippen LogP contribution is 1.94. The fourth-order valence-corrected chi connectivity index (χ4v) is 1.29. The summed E-state index contributed by atoms with van der Waals surface area (Å²) in [4.78, 5) is 0. The first-order valence-electron chi connectivity index (χ1n) is 4.68. The largest absolute Gasteiger partial charge is 0.383 e. The van der Waals surface area contributed by atoms with Gasteiger partial charge >= 0.3 is 0 Å². The summed E-state index contributed by atoms with van der Waals surface area (Å²) in [6, 6.07) is 0.523. The number of methoxy groups -OCH3 is 1. The van der Waals surface area contributed by atoms with Crippen LogP contribution in [0.15, 0.2) is 0 Å². The van der Waals surface area contributed by atoms with E-state index >= 15 is 0 Å². The van der Waals surface area contributed by atoms with Crippen LogP contribution in [0.1, 0.15) is 26.2 Å². The molecule has 0 spiro atoms. The fraction of sp³-hybridized carbons (Fsp3) is 1.00. The minimum absolute atomic E-state index is 0.523. The van der Waals surface area contributed by atoms with Gasteiger partial charge in [-0.15, -0.1) is 0 Å². The van der Waals surface area contributed by atoms with E-state index in [1.54, 1.807) is 7.11 Å². The Hall–Kier alpha value is 0.270. The van der Waals surface area contributed by atoms with E-state index < -0.39 is 0 Å². The highest BCUT2D eigenvalue weighted by atomic mass is 32.1. The molecular formula is C9H21NOS. The van der Waals surface area contributed by atoms with E-state index in [-0.39, 0.29) is 0 Å². The summed E-state index contributed by atoms with van der Waals surface area (Å²) >= 11 is 4.16. The second-order valence-corrected chi connectivity index (χ2v) is 3.39. The average Bonchev–Trinajstić information content (AvgIpc) is 2.10. The number of rotatable bonds is 8. The van der Waals surface area contributed by atoms with Crippen molar-refractivity contribution < 1.29 is 4.74 Å². The van der Waals surface area contributed by atoms with E-state index in [2.05, 4.69) is 24.9 Å². The molecule has 0 bridgehead atoms. The Morgan fingerprint density at radius 1 is 1.42 bits per heavy atom. The highest BCUT2D eigenvalue weighted by Gasteiger charge is 2.02. The first-order chi connectivity index (χ1) is 5.85. The van der Waals surface area contributed by atoms with Gasteiger partial charge in [0.25, 0.3) is 0 Å². The molecule has 0 saturated heterocycles. The lowest BCUT2D eigenvalue weighted by Gasteiger charge is -2.15. The van der Waals surface area contributed by atoms with E-state index in [4.69, 9.17) is 4.74 Å². The molecule has 74 valence electrons. The van der Waals surface area contributed by atoms with Crippen LogP contribution >= 0.6 is 12.6 Å². The van der Waals surface area contributed by atoms with Crippen LogP contribution in [0.2, 0.25) is 0 Å². The van der Waals surface area contributed by atoms with Crippen LogP contribution in [-0.4, -0.2) is 32.1 Å². The Morgan fingerprint density at radius 3 is 2.67 bits per heavy atom. The van der Waals surface area contributed by atoms with Crippen molar-refractivity contribution >= 4 is 12.6 Å². The summed E-state index contributed by atoms with van der Waals surface area (Å²) in [6.07, 6.45) is 3.54. The van der Waals surface area contributed by atoms with Gasteiger partial charge in [0.15, 0.2) is 0 Å². The van der Waals surface area contributed by atoms with Gasteiger partial charge in [-0.05, 0) is 31.6 Å². The standard InChI is InChI=1S/C9H21NOS/c1-3-9(8-11-2)10-6-4-5-7-12/h9-10,12H,3-8H2,1-2H3/t9-/m0/s1. The molecule has 0 saturated carbocycles. The third-order valence-electron chi connectivity index (χ3n) is 1.88. The Labute approximate surface area is 81.5 Å². The van der Waals surface area contributed by atoms with Crippen molar-refractivity contribution in [2.45, 2.75) is 32.2 Å². The zero-order valence-electron chi connectivity index (χ0n) is 8.18. The molecule has 1 N–H and O–H groups in total. The smallest absolute Gasteiger partial charge is 0.0615 e. The zero-order chi connectivity index (χ0) is 9.23. The van der Waals surface area contributed by atoms with Crippen LogP contribution in [0.5, 0.6) is 0 Å². The summed E-state index contributed by atoms with van der Waals surface area (Å²) in [5.41, 5.74) is 0. The van der Waals surface area contributed by atoms with E-state index in [0.717, 1.165) is 25.3 Å². The molecule has 0 radical (unpaired) electrons. The van der Waals surface area contributed by atoms with Crippen LogP contribution in [-0.2, 0) is 4.74 Å². The molecule has 3 heteroatoms. The molecule has 0 fully saturated rings. The molecule has 1 atom stereocenters. The maximum absolute atomic E-state index is 5.07. The monoisotopic (exact) mass is 191 g/mol. The van der Waals surface area contributed by atoms with Gasteiger partial charge < -0.3 is 10.1 Å². The molecule has 0 unspecified atom stereocenters. The average molecular weight is 191 g/mol. The molecule has 0 aromatic rings. The van der Waals surface area contributed by atoms with Gasteiger partial charge in [0, 0.05) is 13.2 Å². The van der Waals surface area contributed by atoms with Crippen molar-refractivity contribution in [3.05, 3.63) is 0 Å². The normalized spacial score (nSPS) is 13.2. The second kappa shape index (κ2) is 9.36. The minimum atomic E-state index is 0.523. The Bertz CT molecular complexity index is 90.6. The number of ether oxygens (including phenoxy) is 1. The number of hydrogen-bond donors (Lipinski definition) is 2. The number of nitrogens with one attached hydrogen (secondary N) is 1. The molecule has 0 amide bonds. The molecule has 0 aliphatic rings. The van der Waals surface area contributed by atoms with Crippen molar-refractivity contribution in [2.75, 3.05) is 26.0 Å². The van der Waals surface area contributed by atoms with Gasteiger partial charge in [-0.1, -0.05) is 6.92 Å². The summed E-state index contributed by atoms with van der Waals surface area (Å²) in [5.74, 6) is 0.989. The predicted molar refractivity (Wildman–Crippen MR) is 57.0 cm³/mol. The lowest BCUT2D eigenvalue weighted by Crippen LogP contribution is -2.33. The summed E-state index contributed by atoms with van der Waals surface area (Å²) in [5, 5.41) is 3.45. The van der Waals surface area contributed by atoms with Crippen LogP contribution in [0.4, 0.5) is 0 Å². The number of unbranched alkanes of at least 4 members (excludes halogenated alkanes) is 1. The highest BCUT2D eigenvalue weighted by molar-refractivity contribution is 7.80. The molecule has 12 heavy (non-hydrogen) atoms. The van der Waals surface area contributed by atoms with Gasteiger partial charge in [0.1, 0.15) is 0 Å². The molecule has 0 aromatic heterocycles. The third kappa shape index (κ3) is 6.95. The summed E-state index contributed by atoms with van der Waals surface area (Å²) < 4.78 is 5.07. The Kier molecular flexibility index (Phi) is 9.57. The summed E-state index contributed by atoms with van der Waals surface area (Å²) in [6.45, 7) is 4.08. The van der Waals surface area contributed by atoms with Crippen LogP contribution < -0.4 is 5.32 Å². The van der Waals surface area contributed by atoms with Gasteiger partial charge in [-0.3, -0.25) is 0 Å². The van der Waals surface area contributed by atoms with Crippen molar-refractivity contribution in [3.63, 3.8) is 0 Å². The minimum Gasteiger partial charge on any atom is -0.383 e. The first kappa shape index (κ1) is 12.3. The van der Waals surface area contributed by atoms with Gasteiger partial charge in [-0.2, -0.15) is 12.6 Å². The maximum atomic E-state index is 5.07.